The zero-order valence-corrected chi connectivity index (χ0v) is 6.86. The van der Waals surface area contributed by atoms with Crippen molar-refractivity contribution in [2.24, 2.45) is 11.7 Å². The van der Waals surface area contributed by atoms with Crippen LogP contribution < -0.4 is 5.73 Å². The third kappa shape index (κ3) is 1.55. The van der Waals surface area contributed by atoms with Crippen molar-refractivity contribution in [2.75, 3.05) is 13.1 Å². The van der Waals surface area contributed by atoms with Crippen LogP contribution in [0.3, 0.4) is 0 Å². The number of amides is 1. The normalized spacial score (nSPS) is 20.0. The van der Waals surface area contributed by atoms with Gasteiger partial charge in [-0.05, 0) is 6.92 Å². The number of carboxylic acids is 1. The number of carboxylic acid groups (broad SMARTS) is 1. The fourth-order valence-corrected chi connectivity index (χ4v) is 1.10. The highest BCUT2D eigenvalue weighted by Gasteiger charge is 2.36. The monoisotopic (exact) mass is 172 g/mol. The van der Waals surface area contributed by atoms with Crippen LogP contribution in [0.25, 0.3) is 0 Å². The third-order valence-corrected chi connectivity index (χ3v) is 1.93. The lowest BCUT2D eigenvalue weighted by Gasteiger charge is -2.37. The minimum Gasteiger partial charge on any atom is -0.481 e. The van der Waals surface area contributed by atoms with Gasteiger partial charge < -0.3 is 15.7 Å². The Morgan fingerprint density at radius 2 is 2.08 bits per heavy atom. The average molecular weight is 172 g/mol. The molecule has 0 saturated carbocycles. The molecule has 0 bridgehead atoms. The molecule has 68 valence electrons. The first-order valence-corrected chi connectivity index (χ1v) is 3.79. The molecule has 1 heterocycles. The van der Waals surface area contributed by atoms with Gasteiger partial charge in [-0.3, -0.25) is 9.59 Å². The summed E-state index contributed by atoms with van der Waals surface area (Å²) in [5, 5.41) is 8.50. The second-order valence-electron chi connectivity index (χ2n) is 3.07. The Kier molecular flexibility index (Phi) is 2.32. The molecule has 0 spiro atoms. The van der Waals surface area contributed by atoms with E-state index in [9.17, 15) is 9.59 Å². The number of likely N-dealkylation sites (tertiary alicyclic amines) is 1. The first-order valence-electron chi connectivity index (χ1n) is 3.79. The molecule has 1 aliphatic heterocycles. The number of carbonyl (C=O) groups is 2. The van der Waals surface area contributed by atoms with Crippen LogP contribution in [-0.4, -0.2) is 41.0 Å². The molecule has 0 aromatic heterocycles. The van der Waals surface area contributed by atoms with Crippen LogP contribution in [0.2, 0.25) is 0 Å². The molecule has 0 radical (unpaired) electrons. The van der Waals surface area contributed by atoms with Crippen molar-refractivity contribution in [3.63, 3.8) is 0 Å². The van der Waals surface area contributed by atoms with Gasteiger partial charge >= 0.3 is 5.97 Å². The summed E-state index contributed by atoms with van der Waals surface area (Å²) in [6, 6.07) is -0.528. The summed E-state index contributed by atoms with van der Waals surface area (Å²) in [5.41, 5.74) is 5.33. The molecule has 0 aliphatic carbocycles. The molecule has 1 saturated heterocycles. The average Bonchev–Trinajstić information content (AvgIpc) is 1.82. The van der Waals surface area contributed by atoms with Crippen molar-refractivity contribution in [2.45, 2.75) is 13.0 Å². The lowest BCUT2D eigenvalue weighted by Crippen LogP contribution is -2.56. The molecule has 12 heavy (non-hydrogen) atoms. The van der Waals surface area contributed by atoms with Crippen molar-refractivity contribution < 1.29 is 14.7 Å². The van der Waals surface area contributed by atoms with Crippen LogP contribution in [0, 0.1) is 5.92 Å². The number of nitrogens with two attached hydrogens (primary N) is 1. The SMILES string of the molecule is C[C@H](N)C(=O)N1CC(C(=O)O)C1. The number of nitrogens with zero attached hydrogens (tertiary/aromatic N) is 1. The lowest BCUT2D eigenvalue weighted by atomic mass is 10.00. The number of carbonyl (C=O) groups excluding carboxylic acids is 1. The van der Waals surface area contributed by atoms with Crippen molar-refractivity contribution in [1.29, 1.82) is 0 Å². The van der Waals surface area contributed by atoms with Crippen LogP contribution in [-0.2, 0) is 9.59 Å². The standard InChI is InChI=1S/C7H12N2O3/c1-4(8)6(10)9-2-5(3-9)7(11)12/h4-5H,2-3,8H2,1H3,(H,11,12)/t4-/m0/s1. The van der Waals surface area contributed by atoms with Gasteiger partial charge in [-0.25, -0.2) is 0 Å². The maximum absolute atomic E-state index is 11.1. The Morgan fingerprint density at radius 1 is 1.58 bits per heavy atom. The summed E-state index contributed by atoms with van der Waals surface area (Å²) in [6.07, 6.45) is 0. The van der Waals surface area contributed by atoms with Crippen LogP contribution in [0.4, 0.5) is 0 Å². The molecule has 0 aromatic rings. The van der Waals surface area contributed by atoms with Crippen LogP contribution >= 0.6 is 0 Å². The molecule has 3 N–H and O–H groups in total. The van der Waals surface area contributed by atoms with Crippen molar-refractivity contribution in [1.82, 2.24) is 4.90 Å². The van der Waals surface area contributed by atoms with E-state index in [1.807, 2.05) is 0 Å². The Hall–Kier alpha value is -1.10. The number of hydrogen-bond acceptors (Lipinski definition) is 3. The fraction of sp³-hybridized carbons (Fsp3) is 0.714. The highest BCUT2D eigenvalue weighted by molar-refractivity contribution is 5.84. The van der Waals surface area contributed by atoms with Crippen molar-refractivity contribution in [3.05, 3.63) is 0 Å². The molecule has 1 rings (SSSR count). The zero-order valence-electron chi connectivity index (χ0n) is 6.86. The Balaban J connectivity index is 2.35. The van der Waals surface area contributed by atoms with Gasteiger partial charge in [-0.2, -0.15) is 0 Å². The zero-order chi connectivity index (χ0) is 9.30. The molecular weight excluding hydrogens is 160 g/mol. The predicted octanol–water partition coefficient (Wildman–Crippen LogP) is -1.12. The molecule has 5 heteroatoms. The minimum absolute atomic E-state index is 0.174. The molecule has 1 fully saturated rings. The lowest BCUT2D eigenvalue weighted by molar-refractivity contribution is -0.153. The quantitative estimate of drug-likeness (QED) is 0.552. The van der Waals surface area contributed by atoms with Crippen LogP contribution in [0.15, 0.2) is 0 Å². The molecule has 1 amide bonds. The second-order valence-corrected chi connectivity index (χ2v) is 3.07. The Bertz CT molecular complexity index is 209. The Morgan fingerprint density at radius 3 is 2.42 bits per heavy atom. The van der Waals surface area contributed by atoms with Gasteiger partial charge in [-0.15, -0.1) is 0 Å². The largest absolute Gasteiger partial charge is 0.481 e. The van der Waals surface area contributed by atoms with E-state index in [-0.39, 0.29) is 5.91 Å². The highest BCUT2D eigenvalue weighted by atomic mass is 16.4. The topological polar surface area (TPSA) is 83.6 Å². The molecule has 0 unspecified atom stereocenters. The Labute approximate surface area is 70.1 Å². The van der Waals surface area contributed by atoms with E-state index >= 15 is 0 Å². The minimum atomic E-state index is -0.844. The highest BCUT2D eigenvalue weighted by Crippen LogP contribution is 2.15. The molecule has 1 aliphatic rings. The van der Waals surface area contributed by atoms with Gasteiger partial charge in [-0.1, -0.05) is 0 Å². The maximum atomic E-state index is 11.1. The number of hydrogen-bond donors (Lipinski definition) is 2. The smallest absolute Gasteiger partial charge is 0.310 e. The van der Waals surface area contributed by atoms with Gasteiger partial charge in [0, 0.05) is 13.1 Å². The van der Waals surface area contributed by atoms with E-state index in [2.05, 4.69) is 0 Å². The summed E-state index contributed by atoms with van der Waals surface area (Å²) >= 11 is 0. The summed E-state index contributed by atoms with van der Waals surface area (Å²) in [6.45, 7) is 2.20. The van der Waals surface area contributed by atoms with Gasteiger partial charge in [0.05, 0.1) is 12.0 Å². The van der Waals surface area contributed by atoms with E-state index in [4.69, 9.17) is 10.8 Å². The molecular formula is C7H12N2O3. The number of rotatable bonds is 2. The van der Waals surface area contributed by atoms with E-state index in [0.29, 0.717) is 13.1 Å². The summed E-state index contributed by atoms with van der Waals surface area (Å²) < 4.78 is 0. The third-order valence-electron chi connectivity index (χ3n) is 1.93. The molecule has 0 aromatic carbocycles. The van der Waals surface area contributed by atoms with E-state index < -0.39 is 17.9 Å². The summed E-state index contributed by atoms with van der Waals surface area (Å²) in [4.78, 5) is 22.9. The maximum Gasteiger partial charge on any atom is 0.310 e. The molecule has 1 atom stereocenters. The van der Waals surface area contributed by atoms with Gasteiger partial charge in [0.1, 0.15) is 0 Å². The summed E-state index contributed by atoms with van der Waals surface area (Å²) in [7, 11) is 0. The van der Waals surface area contributed by atoms with Crippen molar-refractivity contribution >= 4 is 11.9 Å². The van der Waals surface area contributed by atoms with Gasteiger partial charge in [0.25, 0.3) is 0 Å². The predicted molar refractivity (Wildman–Crippen MR) is 41.4 cm³/mol. The second kappa shape index (κ2) is 3.10. The summed E-state index contributed by atoms with van der Waals surface area (Å²) in [5.74, 6) is -1.41. The van der Waals surface area contributed by atoms with Crippen LogP contribution in [0.1, 0.15) is 6.92 Å². The molecule has 5 nitrogen and oxygen atoms in total. The fourth-order valence-electron chi connectivity index (χ4n) is 1.10. The first kappa shape index (κ1) is 8.99. The van der Waals surface area contributed by atoms with Crippen molar-refractivity contribution in [3.8, 4) is 0 Å². The van der Waals surface area contributed by atoms with Gasteiger partial charge in [0.2, 0.25) is 5.91 Å². The number of aliphatic carboxylic acids is 1. The van der Waals surface area contributed by atoms with E-state index in [1.54, 1.807) is 6.92 Å². The van der Waals surface area contributed by atoms with E-state index in [0.717, 1.165) is 0 Å². The van der Waals surface area contributed by atoms with E-state index in [1.165, 1.54) is 4.90 Å². The van der Waals surface area contributed by atoms with Crippen LogP contribution in [0.5, 0.6) is 0 Å². The first-order chi connectivity index (χ1) is 5.52. The van der Waals surface area contributed by atoms with Gasteiger partial charge in [0.15, 0.2) is 0 Å².